The van der Waals surface area contributed by atoms with E-state index in [1.807, 2.05) is 30.3 Å². The fourth-order valence-electron chi connectivity index (χ4n) is 1.25. The van der Waals surface area contributed by atoms with Crippen molar-refractivity contribution in [2.75, 3.05) is 5.75 Å². The summed E-state index contributed by atoms with van der Waals surface area (Å²) in [5, 5.41) is 0. The molecule has 0 spiro atoms. The van der Waals surface area contributed by atoms with Gasteiger partial charge >= 0.3 is 0 Å². The molecule has 0 saturated carbocycles. The first-order valence-corrected chi connectivity index (χ1v) is 5.83. The van der Waals surface area contributed by atoms with Crippen molar-refractivity contribution < 1.29 is 13.0 Å². The first-order chi connectivity index (χ1) is 6.47. The van der Waals surface area contributed by atoms with E-state index in [-0.39, 0.29) is 42.0 Å². The van der Waals surface area contributed by atoms with Crippen LogP contribution in [-0.2, 0) is 16.5 Å². The average Bonchev–Trinajstić information content (AvgIpc) is 2.02. The average molecular weight is 275 g/mol. The molecule has 3 N–H and O–H groups in total. The Bertz CT molecular complexity index is 385. The summed E-state index contributed by atoms with van der Waals surface area (Å²) in [6.07, 6.45) is 0.445. The maximum atomic E-state index is 10.5. The van der Waals surface area contributed by atoms with E-state index in [9.17, 15) is 8.42 Å². The summed E-state index contributed by atoms with van der Waals surface area (Å²) in [4.78, 5) is 0. The second kappa shape index (κ2) is 8.47. The topological polar surface area (TPSA) is 80.4 Å². The van der Waals surface area contributed by atoms with Crippen LogP contribution in [0.2, 0.25) is 0 Å². The predicted octanol–water partition coefficient (Wildman–Crippen LogP) is 0.485. The Kier molecular flexibility index (Phi) is 9.92. The van der Waals surface area contributed by atoms with Gasteiger partial charge in [0.25, 0.3) is 10.1 Å². The summed E-state index contributed by atoms with van der Waals surface area (Å²) in [5.74, 6) is -0.401. The Balaban J connectivity index is 0. The number of hydrogen-bond donors (Lipinski definition) is 2. The number of nitrogens with two attached hydrogens (primary N) is 1. The number of hydrogen-bond acceptors (Lipinski definition) is 3. The molecule has 0 saturated heterocycles. The van der Waals surface area contributed by atoms with Gasteiger partial charge in [-0.2, -0.15) is 8.42 Å². The molecule has 7 heteroatoms. The minimum absolute atomic E-state index is 0. The third-order valence-electron chi connectivity index (χ3n) is 1.77. The zero-order valence-electron chi connectivity index (χ0n) is 9.04. The Morgan fingerprint density at radius 3 is 2.19 bits per heavy atom. The summed E-state index contributed by atoms with van der Waals surface area (Å²) in [5.41, 5.74) is 6.51. The van der Waals surface area contributed by atoms with Crippen molar-refractivity contribution in [3.05, 3.63) is 35.9 Å². The van der Waals surface area contributed by atoms with Crippen molar-refractivity contribution in [2.24, 2.45) is 5.73 Å². The summed E-state index contributed by atoms with van der Waals surface area (Å²) in [7, 11) is -3.97. The van der Waals surface area contributed by atoms with Crippen LogP contribution in [0, 0.1) is 0 Å². The molecule has 0 aliphatic carbocycles. The standard InChI is InChI=1S/C9H13NO3S.ClH.Na/c10-9(7-14(11,12)13)6-8-4-2-1-3-5-8;;/h1-5,9H,6-7,10H2,(H,11,12,13);1H;/t9-;;/m0../s1. The Morgan fingerprint density at radius 1 is 1.25 bits per heavy atom. The molecule has 1 aromatic carbocycles. The predicted molar refractivity (Wildman–Crippen MR) is 67.5 cm³/mol. The van der Waals surface area contributed by atoms with Gasteiger partial charge in [-0.25, -0.2) is 0 Å². The van der Waals surface area contributed by atoms with E-state index >= 15 is 0 Å². The van der Waals surface area contributed by atoms with Gasteiger partial charge in [-0.05, 0) is 12.0 Å². The molecule has 1 radical (unpaired) electrons. The van der Waals surface area contributed by atoms with Gasteiger partial charge in [0.2, 0.25) is 0 Å². The van der Waals surface area contributed by atoms with Crippen molar-refractivity contribution in [3.8, 4) is 0 Å². The van der Waals surface area contributed by atoms with E-state index in [1.165, 1.54) is 0 Å². The van der Waals surface area contributed by atoms with Crippen LogP contribution in [-0.4, -0.2) is 54.3 Å². The molecule has 0 heterocycles. The molecular weight excluding hydrogens is 261 g/mol. The quantitative estimate of drug-likeness (QED) is 0.618. The Morgan fingerprint density at radius 2 is 1.75 bits per heavy atom. The fraction of sp³-hybridized carbons (Fsp3) is 0.333. The molecule has 0 amide bonds. The van der Waals surface area contributed by atoms with Crippen molar-refractivity contribution in [1.82, 2.24) is 0 Å². The molecule has 0 aromatic heterocycles. The van der Waals surface area contributed by atoms with Crippen LogP contribution in [0.1, 0.15) is 5.56 Å². The maximum Gasteiger partial charge on any atom is 0.266 e. The van der Waals surface area contributed by atoms with E-state index < -0.39 is 21.9 Å². The summed E-state index contributed by atoms with van der Waals surface area (Å²) in [6.45, 7) is 0. The molecule has 4 nitrogen and oxygen atoms in total. The maximum absolute atomic E-state index is 10.5. The van der Waals surface area contributed by atoms with Crippen LogP contribution in [0.3, 0.4) is 0 Å². The largest absolute Gasteiger partial charge is 0.326 e. The smallest absolute Gasteiger partial charge is 0.266 e. The zero-order chi connectivity index (χ0) is 10.6. The van der Waals surface area contributed by atoms with Crippen molar-refractivity contribution >= 4 is 52.1 Å². The van der Waals surface area contributed by atoms with Gasteiger partial charge in [-0.3, -0.25) is 4.55 Å². The Hall–Kier alpha value is 0.380. The third-order valence-corrected chi connectivity index (χ3v) is 2.61. The van der Waals surface area contributed by atoms with Gasteiger partial charge in [0, 0.05) is 35.6 Å². The second-order valence-corrected chi connectivity index (χ2v) is 4.70. The zero-order valence-corrected chi connectivity index (χ0v) is 12.7. The Labute approximate surface area is 124 Å². The fourth-order valence-corrected chi connectivity index (χ4v) is 1.91. The van der Waals surface area contributed by atoms with Crippen molar-refractivity contribution in [3.63, 3.8) is 0 Å². The van der Waals surface area contributed by atoms with Gasteiger partial charge in [-0.15, -0.1) is 12.4 Å². The second-order valence-electron chi connectivity index (χ2n) is 3.20. The molecule has 0 unspecified atom stereocenters. The van der Waals surface area contributed by atoms with Crippen LogP contribution >= 0.6 is 12.4 Å². The number of benzene rings is 1. The van der Waals surface area contributed by atoms with Crippen molar-refractivity contribution in [1.29, 1.82) is 0 Å². The summed E-state index contributed by atoms with van der Waals surface area (Å²) >= 11 is 0. The number of halogens is 1. The molecular formula is C9H14ClNNaO3S. The van der Waals surface area contributed by atoms with E-state index in [0.29, 0.717) is 6.42 Å². The molecule has 1 rings (SSSR count). The number of rotatable bonds is 4. The molecule has 0 aliphatic rings. The molecule has 0 fully saturated rings. The molecule has 0 aliphatic heterocycles. The van der Waals surface area contributed by atoms with E-state index in [0.717, 1.165) is 5.56 Å². The molecule has 87 valence electrons. The summed E-state index contributed by atoms with van der Waals surface area (Å²) < 4.78 is 29.6. The van der Waals surface area contributed by atoms with Gasteiger partial charge in [0.15, 0.2) is 0 Å². The van der Waals surface area contributed by atoms with E-state index in [2.05, 4.69) is 0 Å². The SMILES string of the molecule is Cl.N[C@@H](Cc1ccccc1)CS(=O)(=O)O.[Na]. The van der Waals surface area contributed by atoms with Gasteiger partial charge in [-0.1, -0.05) is 30.3 Å². The van der Waals surface area contributed by atoms with Crippen LogP contribution in [0.4, 0.5) is 0 Å². The molecule has 1 aromatic rings. The molecule has 0 bridgehead atoms. The monoisotopic (exact) mass is 274 g/mol. The van der Waals surface area contributed by atoms with E-state index in [4.69, 9.17) is 10.3 Å². The third kappa shape index (κ3) is 8.52. The first kappa shape index (κ1) is 18.7. The van der Waals surface area contributed by atoms with Crippen LogP contribution in [0.25, 0.3) is 0 Å². The van der Waals surface area contributed by atoms with Crippen LogP contribution < -0.4 is 5.73 Å². The van der Waals surface area contributed by atoms with Crippen LogP contribution in [0.15, 0.2) is 30.3 Å². The molecule has 16 heavy (non-hydrogen) atoms. The van der Waals surface area contributed by atoms with Crippen molar-refractivity contribution in [2.45, 2.75) is 12.5 Å². The van der Waals surface area contributed by atoms with Gasteiger partial charge in [0.05, 0.1) is 5.75 Å². The van der Waals surface area contributed by atoms with Crippen LogP contribution in [0.5, 0.6) is 0 Å². The molecule has 1 atom stereocenters. The van der Waals surface area contributed by atoms with E-state index in [1.54, 1.807) is 0 Å². The summed E-state index contributed by atoms with van der Waals surface area (Å²) in [6, 6.07) is 8.75. The normalized spacial score (nSPS) is 12.1. The minimum atomic E-state index is -3.97. The van der Waals surface area contributed by atoms with Gasteiger partial charge < -0.3 is 5.73 Å². The minimum Gasteiger partial charge on any atom is -0.326 e. The van der Waals surface area contributed by atoms with Gasteiger partial charge in [0.1, 0.15) is 0 Å². The first-order valence-electron chi connectivity index (χ1n) is 4.22.